The lowest BCUT2D eigenvalue weighted by Gasteiger charge is -2.46. The zero-order valence-electron chi connectivity index (χ0n) is 8.60. The van der Waals surface area contributed by atoms with Crippen molar-refractivity contribution in [3.05, 3.63) is 0 Å². The van der Waals surface area contributed by atoms with E-state index >= 15 is 0 Å². The molecule has 0 unspecified atom stereocenters. The van der Waals surface area contributed by atoms with Crippen LogP contribution < -0.4 is 0 Å². The number of amides is 1. The molecule has 92 valence electrons. The lowest BCUT2D eigenvalue weighted by molar-refractivity contribution is -0.193. The third kappa shape index (κ3) is 2.03. The summed E-state index contributed by atoms with van der Waals surface area (Å²) >= 11 is 5.34. The van der Waals surface area contributed by atoms with Crippen molar-refractivity contribution >= 4 is 23.3 Å². The van der Waals surface area contributed by atoms with Crippen molar-refractivity contribution in [3.63, 3.8) is 0 Å². The van der Waals surface area contributed by atoms with E-state index in [1.807, 2.05) is 0 Å². The molecule has 0 aromatic rings. The average molecular weight is 258 g/mol. The Morgan fingerprint density at radius 1 is 1.38 bits per heavy atom. The van der Waals surface area contributed by atoms with Crippen LogP contribution in [0.2, 0.25) is 0 Å². The van der Waals surface area contributed by atoms with E-state index in [9.17, 15) is 22.8 Å². The quantitative estimate of drug-likeness (QED) is 0.722. The van der Waals surface area contributed by atoms with Gasteiger partial charge in [0.15, 0.2) is 5.78 Å². The summed E-state index contributed by atoms with van der Waals surface area (Å²) in [5.74, 6) is -2.90. The molecule has 1 saturated carbocycles. The van der Waals surface area contributed by atoms with Gasteiger partial charge in [-0.2, -0.15) is 13.2 Å². The Balaban J connectivity index is 2.90. The zero-order valence-corrected chi connectivity index (χ0v) is 9.36. The van der Waals surface area contributed by atoms with E-state index in [2.05, 4.69) is 0 Å². The fourth-order valence-corrected chi connectivity index (χ4v) is 2.07. The highest BCUT2D eigenvalue weighted by molar-refractivity contribution is 6.29. The maximum Gasteiger partial charge on any atom is 0.471 e. The van der Waals surface area contributed by atoms with Crippen LogP contribution in [0.1, 0.15) is 19.3 Å². The minimum atomic E-state index is -4.95. The molecular weight excluding hydrogens is 247 g/mol. The molecule has 0 bridgehead atoms. The molecule has 0 saturated heterocycles. The van der Waals surface area contributed by atoms with Gasteiger partial charge in [0.25, 0.3) is 0 Å². The number of likely N-dealkylation sites (N-methyl/N-ethyl adjacent to an activating group) is 1. The Hall–Kier alpha value is -0.780. The van der Waals surface area contributed by atoms with Crippen LogP contribution in [0.3, 0.4) is 0 Å². The second-order valence-corrected chi connectivity index (χ2v) is 4.07. The molecule has 7 heteroatoms. The molecule has 0 aromatic heterocycles. The summed E-state index contributed by atoms with van der Waals surface area (Å²) in [6.07, 6.45) is -3.84. The van der Waals surface area contributed by atoms with E-state index < -0.39 is 23.4 Å². The second kappa shape index (κ2) is 4.24. The summed E-state index contributed by atoms with van der Waals surface area (Å²) in [6, 6.07) is 0. The molecule has 0 radical (unpaired) electrons. The fraction of sp³-hybridized carbons (Fsp3) is 0.778. The molecule has 0 N–H and O–H groups in total. The summed E-state index contributed by atoms with van der Waals surface area (Å²) in [5.41, 5.74) is -1.34. The van der Waals surface area contributed by atoms with Crippen molar-refractivity contribution in [2.75, 3.05) is 12.9 Å². The number of carbonyl (C=O) groups is 2. The van der Waals surface area contributed by atoms with E-state index in [0.29, 0.717) is 11.3 Å². The third-order valence-corrected chi connectivity index (χ3v) is 3.25. The van der Waals surface area contributed by atoms with Gasteiger partial charge >= 0.3 is 12.1 Å². The summed E-state index contributed by atoms with van der Waals surface area (Å²) in [4.78, 5) is 23.0. The van der Waals surface area contributed by atoms with Gasteiger partial charge in [0.05, 0.1) is 5.88 Å². The minimum absolute atomic E-state index is 0.247. The van der Waals surface area contributed by atoms with Gasteiger partial charge in [0.2, 0.25) is 0 Å². The number of hydrogen-bond acceptors (Lipinski definition) is 2. The van der Waals surface area contributed by atoms with Crippen molar-refractivity contribution in [2.24, 2.45) is 0 Å². The first-order valence-corrected chi connectivity index (χ1v) is 5.23. The van der Waals surface area contributed by atoms with Crippen molar-refractivity contribution in [1.29, 1.82) is 0 Å². The highest BCUT2D eigenvalue weighted by Gasteiger charge is 2.54. The highest BCUT2D eigenvalue weighted by Crippen LogP contribution is 2.39. The standard InChI is InChI=1S/C9H11ClF3NO2/c1-14(7(16)9(11,12)13)8(3-2-4-8)6(15)5-10/h2-5H2,1H3. The van der Waals surface area contributed by atoms with Crippen LogP contribution >= 0.6 is 11.6 Å². The SMILES string of the molecule is CN(C(=O)C(F)(F)F)C1(C(=O)CCl)CCC1. The van der Waals surface area contributed by atoms with Crippen LogP contribution in [0, 0.1) is 0 Å². The van der Waals surface area contributed by atoms with E-state index in [-0.39, 0.29) is 18.7 Å². The Kier molecular flexibility index (Phi) is 3.52. The third-order valence-electron chi connectivity index (χ3n) is 3.01. The Bertz CT molecular complexity index is 312. The summed E-state index contributed by atoms with van der Waals surface area (Å²) < 4.78 is 36.7. The summed E-state index contributed by atoms with van der Waals surface area (Å²) in [5, 5.41) is 0. The van der Waals surface area contributed by atoms with Gasteiger partial charge in [0.1, 0.15) is 5.54 Å². The topological polar surface area (TPSA) is 37.4 Å². The zero-order chi connectivity index (χ0) is 12.6. The number of carbonyl (C=O) groups excluding carboxylic acids is 2. The monoisotopic (exact) mass is 257 g/mol. The van der Waals surface area contributed by atoms with Crippen LogP contribution in [0.5, 0.6) is 0 Å². The number of rotatable bonds is 3. The van der Waals surface area contributed by atoms with Crippen molar-refractivity contribution in [1.82, 2.24) is 4.90 Å². The van der Waals surface area contributed by atoms with E-state index in [1.54, 1.807) is 0 Å². The molecule has 16 heavy (non-hydrogen) atoms. The lowest BCUT2D eigenvalue weighted by atomic mass is 9.72. The van der Waals surface area contributed by atoms with Gasteiger partial charge in [-0.15, -0.1) is 11.6 Å². The first-order valence-electron chi connectivity index (χ1n) is 4.70. The molecule has 1 fully saturated rings. The van der Waals surface area contributed by atoms with Gasteiger partial charge in [-0.3, -0.25) is 9.59 Å². The largest absolute Gasteiger partial charge is 0.471 e. The molecule has 1 rings (SSSR count). The van der Waals surface area contributed by atoms with Crippen LogP contribution in [0.15, 0.2) is 0 Å². The van der Waals surface area contributed by atoms with Crippen molar-refractivity contribution < 1.29 is 22.8 Å². The number of nitrogens with zero attached hydrogens (tertiary/aromatic N) is 1. The minimum Gasteiger partial charge on any atom is -0.325 e. The molecule has 1 amide bonds. The van der Waals surface area contributed by atoms with Gasteiger partial charge < -0.3 is 4.90 Å². The Labute approximate surface area is 95.5 Å². The molecule has 0 aromatic carbocycles. The summed E-state index contributed by atoms with van der Waals surface area (Å²) in [7, 11) is 0.999. The number of ketones is 1. The van der Waals surface area contributed by atoms with Gasteiger partial charge in [-0.05, 0) is 19.3 Å². The van der Waals surface area contributed by atoms with Crippen molar-refractivity contribution in [3.8, 4) is 0 Å². The normalized spacial score (nSPS) is 18.8. The van der Waals surface area contributed by atoms with Crippen LogP contribution in [0.25, 0.3) is 0 Å². The highest BCUT2D eigenvalue weighted by atomic mass is 35.5. The molecule has 1 aliphatic carbocycles. The molecule has 1 aliphatic rings. The van der Waals surface area contributed by atoms with Crippen molar-refractivity contribution in [2.45, 2.75) is 31.0 Å². The molecule has 0 spiro atoms. The number of Topliss-reactive ketones (excluding diaryl/α,β-unsaturated/α-hetero) is 1. The molecule has 3 nitrogen and oxygen atoms in total. The molecule has 0 heterocycles. The van der Waals surface area contributed by atoms with Crippen LogP contribution in [0.4, 0.5) is 13.2 Å². The molecule has 0 aliphatic heterocycles. The lowest BCUT2D eigenvalue weighted by Crippen LogP contribution is -2.62. The first kappa shape index (κ1) is 13.3. The average Bonchev–Trinajstić information content (AvgIpc) is 2.12. The Morgan fingerprint density at radius 3 is 2.12 bits per heavy atom. The summed E-state index contributed by atoms with van der Waals surface area (Å²) in [6.45, 7) is 0. The Morgan fingerprint density at radius 2 is 1.88 bits per heavy atom. The number of alkyl halides is 4. The maximum absolute atomic E-state index is 12.2. The van der Waals surface area contributed by atoms with Gasteiger partial charge in [0, 0.05) is 7.05 Å². The fourth-order valence-electron chi connectivity index (χ4n) is 1.82. The predicted molar refractivity (Wildman–Crippen MR) is 51.1 cm³/mol. The number of hydrogen-bond donors (Lipinski definition) is 0. The smallest absolute Gasteiger partial charge is 0.325 e. The number of halogens is 4. The predicted octanol–water partition coefficient (Wildman–Crippen LogP) is 1.74. The van der Waals surface area contributed by atoms with Crippen LogP contribution in [-0.2, 0) is 9.59 Å². The molecular formula is C9H11ClF3NO2. The second-order valence-electron chi connectivity index (χ2n) is 3.80. The van der Waals surface area contributed by atoms with Gasteiger partial charge in [-0.25, -0.2) is 0 Å². The first-order chi connectivity index (χ1) is 7.25. The maximum atomic E-state index is 12.2. The van der Waals surface area contributed by atoms with E-state index in [4.69, 9.17) is 11.6 Å². The van der Waals surface area contributed by atoms with E-state index in [0.717, 1.165) is 7.05 Å². The van der Waals surface area contributed by atoms with Gasteiger partial charge in [-0.1, -0.05) is 0 Å². The van der Waals surface area contributed by atoms with Crippen LogP contribution in [-0.4, -0.2) is 41.2 Å². The molecule has 0 atom stereocenters. The van der Waals surface area contributed by atoms with E-state index in [1.165, 1.54) is 0 Å².